The number of quaternary nitrogens is 1. The smallest absolute Gasteiger partial charge is 0.349 e. The first-order chi connectivity index (χ1) is 12.3. The molecule has 6 atom stereocenters. The third-order valence-electron chi connectivity index (χ3n) is 6.44. The summed E-state index contributed by atoms with van der Waals surface area (Å²) in [5, 5.41) is 13.0. The minimum atomic E-state index is -1.79. The van der Waals surface area contributed by atoms with E-state index in [2.05, 4.69) is 20.7 Å². The molecule has 2 bridgehead atoms. The van der Waals surface area contributed by atoms with Crippen molar-refractivity contribution >= 4 is 29.1 Å². The highest BCUT2D eigenvalue weighted by Gasteiger charge is 2.63. The van der Waals surface area contributed by atoms with Gasteiger partial charge in [-0.05, 0) is 17.7 Å². The summed E-state index contributed by atoms with van der Waals surface area (Å²) in [6, 6.07) is 4.35. The molecule has 0 saturated carbocycles. The number of hydrogen-bond donors (Lipinski definition) is 1. The van der Waals surface area contributed by atoms with Gasteiger partial charge in [0.15, 0.2) is 0 Å². The first-order valence-electron chi connectivity index (χ1n) is 8.98. The summed E-state index contributed by atoms with van der Waals surface area (Å²) < 4.78 is 12.7. The van der Waals surface area contributed by atoms with Crippen LogP contribution in [0.3, 0.4) is 0 Å². The van der Waals surface area contributed by atoms with E-state index in [0.29, 0.717) is 34.1 Å². The summed E-state index contributed by atoms with van der Waals surface area (Å²) in [6.07, 6.45) is 4.93. The van der Waals surface area contributed by atoms with Crippen LogP contribution in [0.5, 0.6) is 0 Å². The van der Waals surface area contributed by atoms with E-state index in [1.807, 2.05) is 17.7 Å². The first-order valence-corrected chi connectivity index (χ1v) is 11.1. The third-order valence-corrected chi connectivity index (χ3v) is 8.20. The number of carbonyl (C=O) groups is 1. The van der Waals surface area contributed by atoms with Crippen molar-refractivity contribution in [2.75, 3.05) is 20.4 Å². The maximum absolute atomic E-state index is 13.0. The summed E-state index contributed by atoms with van der Waals surface area (Å²) in [6.45, 7) is 3.91. The number of thiophene rings is 1. The van der Waals surface area contributed by atoms with Gasteiger partial charge >= 0.3 is 5.97 Å². The Labute approximate surface area is 162 Å². The Bertz CT molecular complexity index is 719. The van der Waals surface area contributed by atoms with Crippen LogP contribution in [-0.2, 0) is 19.9 Å². The van der Waals surface area contributed by atoms with Crippen molar-refractivity contribution in [3.05, 3.63) is 33.9 Å². The second kappa shape index (κ2) is 6.34. The van der Waals surface area contributed by atoms with Crippen molar-refractivity contribution in [3.63, 3.8) is 0 Å². The monoisotopic (exact) mass is 396 g/mol. The second-order valence-corrected chi connectivity index (χ2v) is 9.89. The molecule has 0 aliphatic carbocycles. The lowest BCUT2D eigenvalue weighted by Gasteiger charge is -2.51. The second-order valence-electron chi connectivity index (χ2n) is 8.04. The molecule has 6 unspecified atom stereocenters. The van der Waals surface area contributed by atoms with E-state index in [1.165, 1.54) is 23.1 Å². The van der Waals surface area contributed by atoms with E-state index < -0.39 is 11.6 Å². The maximum atomic E-state index is 13.0. The fraction of sp³-hybridized carbons (Fsp3) is 0.632. The molecule has 7 heteroatoms. The standard InChI is InChI=1S/C19H26NO4S2/c1-11(25-4)19(22,16-6-5-7-26-16)18(21)23-13-8-12-9-15-17(24-15)14(10-13)20(12,2)3/h5-7,12-15,17,22H,1,8-10H2,2-4H3/q+1. The van der Waals surface area contributed by atoms with Crippen LogP contribution in [0.2, 0.25) is 0 Å². The Morgan fingerprint density at radius 3 is 2.88 bits per heavy atom. The average Bonchev–Trinajstić information content (AvgIpc) is 3.11. The molecular formula is C19H26NO4S2+. The van der Waals surface area contributed by atoms with E-state index in [1.54, 1.807) is 6.07 Å². The Hall–Kier alpha value is -0.860. The number of hydrogen-bond acceptors (Lipinski definition) is 6. The molecule has 3 fully saturated rings. The molecule has 3 saturated heterocycles. The SMILES string of the molecule is C=C(SC)C(O)(C(=O)OC1CC2CC3OC3C(C1)[N+]2(C)C)c1cccs1. The van der Waals surface area contributed by atoms with Gasteiger partial charge in [-0.15, -0.1) is 23.1 Å². The lowest BCUT2D eigenvalue weighted by atomic mass is 9.81. The normalized spacial score (nSPS) is 36.5. The van der Waals surface area contributed by atoms with Gasteiger partial charge in [-0.25, -0.2) is 4.79 Å². The molecule has 0 amide bonds. The van der Waals surface area contributed by atoms with Crippen LogP contribution in [0.15, 0.2) is 29.0 Å². The number of epoxide rings is 1. The quantitative estimate of drug-likeness (QED) is 0.471. The largest absolute Gasteiger partial charge is 0.459 e. The number of aliphatic hydroxyl groups is 1. The van der Waals surface area contributed by atoms with E-state index in [-0.39, 0.29) is 6.10 Å². The van der Waals surface area contributed by atoms with Crippen molar-refractivity contribution in [2.24, 2.45) is 0 Å². The Kier molecular flexibility index (Phi) is 4.51. The molecule has 3 aliphatic heterocycles. The molecule has 4 rings (SSSR count). The van der Waals surface area contributed by atoms with Crippen LogP contribution in [-0.4, -0.2) is 66.3 Å². The van der Waals surface area contributed by atoms with Crippen molar-refractivity contribution in [1.29, 1.82) is 0 Å². The molecular weight excluding hydrogens is 370 g/mol. The topological polar surface area (TPSA) is 59.1 Å². The van der Waals surface area contributed by atoms with Crippen LogP contribution in [0, 0.1) is 0 Å². The number of fused-ring (bicyclic) bond motifs is 4. The molecule has 1 aromatic rings. The number of rotatable bonds is 5. The highest BCUT2D eigenvalue weighted by atomic mass is 32.2. The van der Waals surface area contributed by atoms with Crippen molar-refractivity contribution < 1.29 is 23.9 Å². The highest BCUT2D eigenvalue weighted by molar-refractivity contribution is 8.02. The van der Waals surface area contributed by atoms with Crippen LogP contribution < -0.4 is 0 Å². The molecule has 3 aliphatic rings. The zero-order chi connectivity index (χ0) is 18.7. The highest BCUT2D eigenvalue weighted by Crippen LogP contribution is 2.48. The fourth-order valence-corrected chi connectivity index (χ4v) is 6.02. The van der Waals surface area contributed by atoms with Crippen LogP contribution in [0.25, 0.3) is 0 Å². The van der Waals surface area contributed by atoms with Gasteiger partial charge in [0, 0.05) is 24.2 Å². The minimum Gasteiger partial charge on any atom is -0.459 e. The van der Waals surface area contributed by atoms with E-state index >= 15 is 0 Å². The van der Waals surface area contributed by atoms with Crippen LogP contribution >= 0.6 is 23.1 Å². The maximum Gasteiger partial charge on any atom is 0.349 e. The number of thioether (sulfide) groups is 1. The van der Waals surface area contributed by atoms with E-state index in [0.717, 1.165) is 23.7 Å². The lowest BCUT2D eigenvalue weighted by Crippen LogP contribution is -2.66. The van der Waals surface area contributed by atoms with E-state index in [4.69, 9.17) is 9.47 Å². The molecule has 142 valence electrons. The number of piperidine rings is 2. The number of likely N-dealkylation sites (N-methyl/N-ethyl adjacent to an activating group) is 1. The van der Waals surface area contributed by atoms with Crippen molar-refractivity contribution in [3.8, 4) is 0 Å². The average molecular weight is 397 g/mol. The number of esters is 1. The molecule has 1 aromatic heterocycles. The Balaban J connectivity index is 1.53. The predicted molar refractivity (Wildman–Crippen MR) is 103 cm³/mol. The van der Waals surface area contributed by atoms with Crippen LogP contribution in [0.1, 0.15) is 24.1 Å². The third kappa shape index (κ3) is 2.76. The zero-order valence-corrected chi connectivity index (χ0v) is 17.0. The summed E-state index contributed by atoms with van der Waals surface area (Å²) in [5.74, 6) is -0.608. The molecule has 1 N–H and O–H groups in total. The van der Waals surface area contributed by atoms with E-state index in [9.17, 15) is 9.90 Å². The number of ether oxygens (including phenoxy) is 2. The van der Waals surface area contributed by atoms with Gasteiger partial charge in [-0.3, -0.25) is 0 Å². The Morgan fingerprint density at radius 2 is 2.23 bits per heavy atom. The van der Waals surface area contributed by atoms with Gasteiger partial charge in [0.05, 0.1) is 31.1 Å². The fourth-order valence-electron chi connectivity index (χ4n) is 4.63. The first kappa shape index (κ1) is 18.5. The number of carbonyl (C=O) groups excluding carboxylic acids is 1. The zero-order valence-electron chi connectivity index (χ0n) is 15.4. The lowest BCUT2D eigenvalue weighted by molar-refractivity contribution is -0.948. The van der Waals surface area contributed by atoms with Crippen LogP contribution in [0.4, 0.5) is 0 Å². The molecule has 0 spiro atoms. The Morgan fingerprint density at radius 1 is 1.46 bits per heavy atom. The van der Waals surface area contributed by atoms with Crippen molar-refractivity contribution in [2.45, 2.75) is 55.3 Å². The van der Waals surface area contributed by atoms with Gasteiger partial charge in [0.25, 0.3) is 0 Å². The van der Waals surface area contributed by atoms with Crippen molar-refractivity contribution in [1.82, 2.24) is 0 Å². The molecule has 26 heavy (non-hydrogen) atoms. The van der Waals surface area contributed by atoms with Gasteiger partial charge in [0.2, 0.25) is 5.60 Å². The summed E-state index contributed by atoms with van der Waals surface area (Å²) in [7, 11) is 4.51. The van der Waals surface area contributed by atoms with Gasteiger partial charge in [-0.1, -0.05) is 12.6 Å². The van der Waals surface area contributed by atoms with Gasteiger partial charge < -0.3 is 19.1 Å². The van der Waals surface area contributed by atoms with Gasteiger partial charge in [0.1, 0.15) is 18.2 Å². The predicted octanol–water partition coefficient (Wildman–Crippen LogP) is 2.50. The minimum absolute atomic E-state index is 0.185. The van der Waals surface area contributed by atoms with Gasteiger partial charge in [-0.2, -0.15) is 0 Å². The molecule has 5 nitrogen and oxygen atoms in total. The molecule has 0 radical (unpaired) electrons. The summed E-state index contributed by atoms with van der Waals surface area (Å²) in [4.78, 5) is 14.0. The summed E-state index contributed by atoms with van der Waals surface area (Å²) >= 11 is 2.62. The molecule has 4 heterocycles. The number of nitrogens with zero attached hydrogens (tertiary/aromatic N) is 1. The summed E-state index contributed by atoms with van der Waals surface area (Å²) in [5.41, 5.74) is -1.79. The molecule has 0 aromatic carbocycles.